The van der Waals surface area contributed by atoms with Crippen molar-refractivity contribution in [1.82, 2.24) is 0 Å². The van der Waals surface area contributed by atoms with Crippen LogP contribution in [0.3, 0.4) is 0 Å². The molecule has 0 amide bonds. The second-order valence-electron chi connectivity index (χ2n) is 3.52. The first-order valence-electron chi connectivity index (χ1n) is 5.20. The SMILES string of the molecule is Nc1cccc2c(C#CCCS)cccc12. The van der Waals surface area contributed by atoms with Crippen LogP contribution >= 0.6 is 12.6 Å². The largest absolute Gasteiger partial charge is 0.398 e. The molecule has 80 valence electrons. The highest BCUT2D eigenvalue weighted by molar-refractivity contribution is 7.80. The van der Waals surface area contributed by atoms with E-state index in [2.05, 4.69) is 30.5 Å². The number of thiol groups is 1. The van der Waals surface area contributed by atoms with Crippen LogP contribution in [0, 0.1) is 11.8 Å². The zero-order valence-electron chi connectivity index (χ0n) is 8.90. The van der Waals surface area contributed by atoms with Crippen LogP contribution in [-0.4, -0.2) is 5.75 Å². The molecule has 2 N–H and O–H groups in total. The number of anilines is 1. The summed E-state index contributed by atoms with van der Waals surface area (Å²) in [7, 11) is 0. The van der Waals surface area contributed by atoms with Crippen molar-refractivity contribution >= 4 is 29.1 Å². The van der Waals surface area contributed by atoms with E-state index in [1.165, 1.54) is 0 Å². The molecular formula is C14H13NS. The standard InChI is InChI=1S/C14H13NS/c15-14-9-4-7-12-11(5-1-2-10-16)6-3-8-13(12)14/h3-4,6-9,16H,2,10,15H2. The summed E-state index contributed by atoms with van der Waals surface area (Å²) in [6, 6.07) is 12.0. The number of hydrogen-bond donors (Lipinski definition) is 2. The van der Waals surface area contributed by atoms with Gasteiger partial charge in [0.05, 0.1) is 0 Å². The zero-order chi connectivity index (χ0) is 11.4. The predicted octanol–water partition coefficient (Wildman–Crippen LogP) is 3.09. The molecule has 16 heavy (non-hydrogen) atoms. The molecular weight excluding hydrogens is 214 g/mol. The number of hydrogen-bond acceptors (Lipinski definition) is 2. The molecule has 2 heteroatoms. The van der Waals surface area contributed by atoms with Crippen LogP contribution in [0.4, 0.5) is 5.69 Å². The van der Waals surface area contributed by atoms with E-state index >= 15 is 0 Å². The third kappa shape index (κ3) is 2.15. The third-order valence-electron chi connectivity index (χ3n) is 2.42. The van der Waals surface area contributed by atoms with Crippen molar-refractivity contribution in [2.24, 2.45) is 0 Å². The van der Waals surface area contributed by atoms with Crippen molar-refractivity contribution in [2.45, 2.75) is 6.42 Å². The topological polar surface area (TPSA) is 26.0 Å². The van der Waals surface area contributed by atoms with E-state index in [1.807, 2.05) is 30.3 Å². The van der Waals surface area contributed by atoms with E-state index in [-0.39, 0.29) is 0 Å². The lowest BCUT2D eigenvalue weighted by atomic mass is 10.0. The van der Waals surface area contributed by atoms with Crippen molar-refractivity contribution in [3.63, 3.8) is 0 Å². The lowest BCUT2D eigenvalue weighted by Gasteiger charge is -2.03. The van der Waals surface area contributed by atoms with Gasteiger partial charge in [-0.05, 0) is 17.5 Å². The first-order chi connectivity index (χ1) is 7.83. The van der Waals surface area contributed by atoms with Gasteiger partial charge in [0.1, 0.15) is 0 Å². The highest BCUT2D eigenvalue weighted by Gasteiger charge is 1.99. The molecule has 2 rings (SSSR count). The van der Waals surface area contributed by atoms with E-state index < -0.39 is 0 Å². The van der Waals surface area contributed by atoms with Crippen LogP contribution in [0.5, 0.6) is 0 Å². The van der Waals surface area contributed by atoms with E-state index in [0.717, 1.165) is 34.2 Å². The van der Waals surface area contributed by atoms with E-state index in [4.69, 9.17) is 5.73 Å². The van der Waals surface area contributed by atoms with Crippen molar-refractivity contribution in [2.75, 3.05) is 11.5 Å². The Bertz CT molecular complexity index is 564. The van der Waals surface area contributed by atoms with Crippen LogP contribution in [0.2, 0.25) is 0 Å². The highest BCUT2D eigenvalue weighted by Crippen LogP contribution is 2.23. The minimum Gasteiger partial charge on any atom is -0.398 e. The van der Waals surface area contributed by atoms with Crippen LogP contribution in [-0.2, 0) is 0 Å². The lowest BCUT2D eigenvalue weighted by Crippen LogP contribution is -1.87. The molecule has 0 saturated heterocycles. The van der Waals surface area contributed by atoms with Crippen LogP contribution in [0.25, 0.3) is 10.8 Å². The van der Waals surface area contributed by atoms with Gasteiger partial charge in [-0.1, -0.05) is 36.1 Å². The molecule has 0 aromatic heterocycles. The highest BCUT2D eigenvalue weighted by atomic mass is 32.1. The van der Waals surface area contributed by atoms with Gasteiger partial charge in [0.2, 0.25) is 0 Å². The van der Waals surface area contributed by atoms with Gasteiger partial charge in [-0.2, -0.15) is 12.6 Å². The first-order valence-corrected chi connectivity index (χ1v) is 5.83. The first kappa shape index (κ1) is 10.9. The fourth-order valence-corrected chi connectivity index (χ4v) is 1.77. The summed E-state index contributed by atoms with van der Waals surface area (Å²) < 4.78 is 0. The second kappa shape index (κ2) is 4.96. The second-order valence-corrected chi connectivity index (χ2v) is 3.97. The molecule has 2 aromatic carbocycles. The Labute approximate surface area is 101 Å². The molecule has 0 aliphatic heterocycles. The Morgan fingerprint density at radius 1 is 1.06 bits per heavy atom. The van der Waals surface area contributed by atoms with Gasteiger partial charge >= 0.3 is 0 Å². The molecule has 0 fully saturated rings. The van der Waals surface area contributed by atoms with Gasteiger partial charge in [-0.3, -0.25) is 0 Å². The Morgan fingerprint density at radius 2 is 1.81 bits per heavy atom. The van der Waals surface area contributed by atoms with Gasteiger partial charge in [-0.15, -0.1) is 0 Å². The number of nitrogens with two attached hydrogens (primary N) is 1. The Kier molecular flexibility index (Phi) is 3.38. The average molecular weight is 227 g/mol. The molecule has 0 aliphatic carbocycles. The number of fused-ring (bicyclic) bond motifs is 1. The minimum atomic E-state index is 0.792. The summed E-state index contributed by atoms with van der Waals surface area (Å²) in [6.45, 7) is 0. The fraction of sp³-hybridized carbons (Fsp3) is 0.143. The Morgan fingerprint density at radius 3 is 2.62 bits per heavy atom. The van der Waals surface area contributed by atoms with Crippen LogP contribution < -0.4 is 5.73 Å². The summed E-state index contributed by atoms with van der Waals surface area (Å²) in [4.78, 5) is 0. The fourth-order valence-electron chi connectivity index (χ4n) is 1.66. The quantitative estimate of drug-likeness (QED) is 0.437. The van der Waals surface area contributed by atoms with E-state index in [9.17, 15) is 0 Å². The van der Waals surface area contributed by atoms with Crippen molar-refractivity contribution in [3.05, 3.63) is 42.0 Å². The summed E-state index contributed by atoms with van der Waals surface area (Å²) >= 11 is 4.13. The molecule has 0 spiro atoms. The number of rotatable bonds is 1. The third-order valence-corrected chi connectivity index (χ3v) is 2.64. The molecule has 0 atom stereocenters. The molecule has 0 heterocycles. The van der Waals surface area contributed by atoms with Gasteiger partial charge in [-0.25, -0.2) is 0 Å². The lowest BCUT2D eigenvalue weighted by molar-refractivity contribution is 1.31. The average Bonchev–Trinajstić information content (AvgIpc) is 2.31. The number of nitrogen functional groups attached to an aromatic ring is 1. The Hall–Kier alpha value is -1.59. The zero-order valence-corrected chi connectivity index (χ0v) is 9.80. The molecule has 2 aromatic rings. The molecule has 0 radical (unpaired) electrons. The molecule has 0 unspecified atom stereocenters. The molecule has 0 aliphatic rings. The normalized spacial score (nSPS) is 9.81. The summed E-state index contributed by atoms with van der Waals surface area (Å²) in [5.74, 6) is 7.05. The maximum atomic E-state index is 5.92. The number of benzene rings is 2. The monoisotopic (exact) mass is 227 g/mol. The van der Waals surface area contributed by atoms with Gasteiger partial charge in [0, 0.05) is 28.8 Å². The van der Waals surface area contributed by atoms with Crippen LogP contribution in [0.15, 0.2) is 36.4 Å². The maximum absolute atomic E-state index is 5.92. The summed E-state index contributed by atoms with van der Waals surface area (Å²) in [6.07, 6.45) is 0.807. The molecule has 0 bridgehead atoms. The van der Waals surface area contributed by atoms with Crippen molar-refractivity contribution < 1.29 is 0 Å². The molecule has 0 saturated carbocycles. The van der Waals surface area contributed by atoms with Gasteiger partial charge in [0.15, 0.2) is 0 Å². The maximum Gasteiger partial charge on any atom is 0.0394 e. The predicted molar refractivity (Wildman–Crippen MR) is 73.7 cm³/mol. The summed E-state index contributed by atoms with van der Waals surface area (Å²) in [5.41, 5.74) is 7.75. The van der Waals surface area contributed by atoms with E-state index in [1.54, 1.807) is 0 Å². The Balaban J connectivity index is 2.55. The van der Waals surface area contributed by atoms with E-state index in [0.29, 0.717) is 0 Å². The van der Waals surface area contributed by atoms with Crippen molar-refractivity contribution in [1.29, 1.82) is 0 Å². The molecule has 1 nitrogen and oxygen atoms in total. The van der Waals surface area contributed by atoms with Gasteiger partial charge in [0.25, 0.3) is 0 Å². The van der Waals surface area contributed by atoms with Crippen molar-refractivity contribution in [3.8, 4) is 11.8 Å². The minimum absolute atomic E-state index is 0.792. The summed E-state index contributed by atoms with van der Waals surface area (Å²) in [5, 5.41) is 2.19. The van der Waals surface area contributed by atoms with Crippen LogP contribution in [0.1, 0.15) is 12.0 Å². The smallest absolute Gasteiger partial charge is 0.0394 e. The van der Waals surface area contributed by atoms with Gasteiger partial charge < -0.3 is 5.73 Å².